The van der Waals surface area contributed by atoms with Gasteiger partial charge < -0.3 is 5.32 Å². The summed E-state index contributed by atoms with van der Waals surface area (Å²) in [7, 11) is 0. The van der Waals surface area contributed by atoms with Crippen LogP contribution in [0.1, 0.15) is 41.0 Å². The largest absolute Gasteiger partial charge is 0.345 e. The van der Waals surface area contributed by atoms with Gasteiger partial charge in [-0.1, -0.05) is 40.5 Å². The number of nitrogens with one attached hydrogen (secondary N) is 1. The topological polar surface area (TPSA) is 29.1 Å². The minimum Gasteiger partial charge on any atom is -0.345 e. The summed E-state index contributed by atoms with van der Waals surface area (Å²) in [4.78, 5) is 11.7. The molecule has 0 heterocycles. The van der Waals surface area contributed by atoms with Crippen molar-refractivity contribution in [1.82, 2.24) is 5.32 Å². The van der Waals surface area contributed by atoms with Crippen LogP contribution in [-0.2, 0) is 4.79 Å². The molecule has 0 saturated carbocycles. The number of rotatable bonds is 3. The molecule has 0 radical (unpaired) electrons. The van der Waals surface area contributed by atoms with E-state index in [1.54, 1.807) is 0 Å². The third kappa shape index (κ3) is 4.91. The number of hydrogen-bond donors (Lipinski definition) is 1. The third-order valence-electron chi connectivity index (χ3n) is 1.94. The monoisotopic (exact) mass is 195 g/mol. The van der Waals surface area contributed by atoms with Gasteiger partial charge in [0.15, 0.2) is 0 Å². The van der Waals surface area contributed by atoms with Gasteiger partial charge in [-0.25, -0.2) is 0 Å². The number of carbonyl (C=O) groups is 1. The molecule has 1 N–H and O–H groups in total. The zero-order valence-electron chi connectivity index (χ0n) is 9.90. The predicted molar refractivity (Wildman–Crippen MR) is 59.7 cm³/mol. The lowest BCUT2D eigenvalue weighted by Gasteiger charge is -2.30. The summed E-state index contributed by atoms with van der Waals surface area (Å²) in [5.41, 5.74) is -0.202. The van der Waals surface area contributed by atoms with E-state index in [-0.39, 0.29) is 16.7 Å². The first-order valence-corrected chi connectivity index (χ1v) is 4.91. The minimum absolute atomic E-state index is 0.0328. The van der Waals surface area contributed by atoms with E-state index in [0.717, 1.165) is 6.42 Å². The third-order valence-corrected chi connectivity index (χ3v) is 1.94. The van der Waals surface area contributed by atoms with Gasteiger partial charge in [0.05, 0.1) is 6.54 Å². The van der Waals surface area contributed by atoms with Crippen molar-refractivity contribution in [3.8, 4) is 12.3 Å². The highest BCUT2D eigenvalue weighted by molar-refractivity contribution is 5.82. The van der Waals surface area contributed by atoms with E-state index in [9.17, 15) is 4.79 Å². The molecule has 0 aliphatic rings. The number of hydrogen-bond acceptors (Lipinski definition) is 1. The summed E-state index contributed by atoms with van der Waals surface area (Å²) in [5.74, 6) is 2.43. The Balaban J connectivity index is 4.32. The number of carbonyl (C=O) groups excluding carboxylic acids is 1. The summed E-state index contributed by atoms with van der Waals surface area (Å²) in [5, 5.41) is 2.72. The van der Waals surface area contributed by atoms with Crippen molar-refractivity contribution in [2.24, 2.45) is 10.8 Å². The Bertz CT molecular complexity index is 240. The van der Waals surface area contributed by atoms with Crippen LogP contribution in [0.2, 0.25) is 0 Å². The van der Waals surface area contributed by atoms with Crippen LogP contribution in [0.25, 0.3) is 0 Å². The van der Waals surface area contributed by atoms with Gasteiger partial charge in [0.2, 0.25) is 5.91 Å². The Labute approximate surface area is 87.5 Å². The van der Waals surface area contributed by atoms with Crippen LogP contribution in [0.4, 0.5) is 0 Å². The molecule has 14 heavy (non-hydrogen) atoms. The smallest absolute Gasteiger partial charge is 0.226 e. The lowest BCUT2D eigenvalue weighted by molar-refractivity contribution is -0.130. The Morgan fingerprint density at radius 2 is 1.79 bits per heavy atom. The van der Waals surface area contributed by atoms with Crippen molar-refractivity contribution in [3.05, 3.63) is 0 Å². The zero-order chi connectivity index (χ0) is 11.4. The van der Waals surface area contributed by atoms with Crippen molar-refractivity contribution in [2.45, 2.75) is 41.0 Å². The van der Waals surface area contributed by atoms with Crippen LogP contribution >= 0.6 is 0 Å². The fourth-order valence-corrected chi connectivity index (χ4v) is 1.78. The van der Waals surface area contributed by atoms with Gasteiger partial charge >= 0.3 is 0 Å². The molecule has 0 aromatic rings. The van der Waals surface area contributed by atoms with Crippen molar-refractivity contribution in [1.29, 1.82) is 0 Å². The molecule has 2 heteroatoms. The Hall–Kier alpha value is -0.970. The van der Waals surface area contributed by atoms with Crippen LogP contribution in [-0.4, -0.2) is 12.5 Å². The molecule has 0 aromatic carbocycles. The second kappa shape index (κ2) is 4.50. The normalized spacial score (nSPS) is 12.0. The van der Waals surface area contributed by atoms with Gasteiger partial charge in [0.1, 0.15) is 0 Å². The number of terminal acetylenes is 1. The van der Waals surface area contributed by atoms with Crippen LogP contribution < -0.4 is 5.32 Å². The minimum atomic E-state index is -0.352. The Morgan fingerprint density at radius 3 is 2.14 bits per heavy atom. The average molecular weight is 195 g/mol. The fourth-order valence-electron chi connectivity index (χ4n) is 1.78. The van der Waals surface area contributed by atoms with Crippen LogP contribution in [0.3, 0.4) is 0 Å². The van der Waals surface area contributed by atoms with Gasteiger partial charge in [-0.15, -0.1) is 6.42 Å². The average Bonchev–Trinajstić information content (AvgIpc) is 1.95. The molecule has 0 aliphatic heterocycles. The van der Waals surface area contributed by atoms with Gasteiger partial charge in [-0.3, -0.25) is 4.79 Å². The Kier molecular flexibility index (Phi) is 4.19. The molecule has 0 bridgehead atoms. The molecule has 2 nitrogen and oxygen atoms in total. The summed E-state index contributed by atoms with van der Waals surface area (Å²) in [6, 6.07) is 0. The molecule has 0 saturated heterocycles. The van der Waals surface area contributed by atoms with E-state index < -0.39 is 0 Å². The molecular formula is C12H21NO. The van der Waals surface area contributed by atoms with E-state index in [4.69, 9.17) is 6.42 Å². The standard InChI is InChI=1S/C12H21NO/c1-7-8-13-10(14)12(5,6)9-11(2,3)4/h1H,8-9H2,2-6H3,(H,13,14). The molecule has 80 valence electrons. The maximum absolute atomic E-state index is 11.7. The van der Waals surface area contributed by atoms with Crippen molar-refractivity contribution < 1.29 is 4.79 Å². The lowest BCUT2D eigenvalue weighted by atomic mass is 9.76. The van der Waals surface area contributed by atoms with Crippen molar-refractivity contribution >= 4 is 5.91 Å². The van der Waals surface area contributed by atoms with Crippen LogP contribution in [0.15, 0.2) is 0 Å². The van der Waals surface area contributed by atoms with E-state index in [1.165, 1.54) is 0 Å². The zero-order valence-corrected chi connectivity index (χ0v) is 9.90. The molecule has 0 unspecified atom stereocenters. The summed E-state index contributed by atoms with van der Waals surface area (Å²) in [6.07, 6.45) is 5.93. The predicted octanol–water partition coefficient (Wildman–Crippen LogP) is 2.20. The maximum atomic E-state index is 11.7. The van der Waals surface area contributed by atoms with Crippen LogP contribution in [0.5, 0.6) is 0 Å². The molecule has 0 aliphatic carbocycles. The molecule has 0 spiro atoms. The van der Waals surface area contributed by atoms with E-state index in [2.05, 4.69) is 32.0 Å². The van der Waals surface area contributed by atoms with Gasteiger partial charge in [0, 0.05) is 5.41 Å². The highest BCUT2D eigenvalue weighted by atomic mass is 16.2. The first-order valence-electron chi connectivity index (χ1n) is 4.91. The molecule has 0 rings (SSSR count). The van der Waals surface area contributed by atoms with E-state index >= 15 is 0 Å². The molecule has 0 aromatic heterocycles. The highest BCUT2D eigenvalue weighted by Gasteiger charge is 2.31. The number of amides is 1. The second-order valence-electron chi connectivity index (χ2n) is 5.51. The van der Waals surface area contributed by atoms with Crippen LogP contribution in [0, 0.1) is 23.2 Å². The molecule has 0 fully saturated rings. The van der Waals surface area contributed by atoms with Gasteiger partial charge in [0.25, 0.3) is 0 Å². The lowest BCUT2D eigenvalue weighted by Crippen LogP contribution is -2.39. The molecular weight excluding hydrogens is 174 g/mol. The van der Waals surface area contributed by atoms with Gasteiger partial charge in [-0.05, 0) is 11.8 Å². The van der Waals surface area contributed by atoms with Crippen molar-refractivity contribution in [3.63, 3.8) is 0 Å². The summed E-state index contributed by atoms with van der Waals surface area (Å²) < 4.78 is 0. The second-order valence-corrected chi connectivity index (χ2v) is 5.51. The van der Waals surface area contributed by atoms with Crippen molar-refractivity contribution in [2.75, 3.05) is 6.54 Å². The molecule has 1 amide bonds. The summed E-state index contributed by atoms with van der Waals surface area (Å²) >= 11 is 0. The quantitative estimate of drug-likeness (QED) is 0.687. The maximum Gasteiger partial charge on any atom is 0.226 e. The van der Waals surface area contributed by atoms with E-state index in [0.29, 0.717) is 6.54 Å². The van der Waals surface area contributed by atoms with Gasteiger partial charge in [-0.2, -0.15) is 0 Å². The summed E-state index contributed by atoms with van der Waals surface area (Å²) in [6.45, 7) is 10.6. The van der Waals surface area contributed by atoms with E-state index in [1.807, 2.05) is 13.8 Å². The SMILES string of the molecule is C#CCNC(=O)C(C)(C)CC(C)(C)C. The first-order chi connectivity index (χ1) is 6.19. The Morgan fingerprint density at radius 1 is 1.29 bits per heavy atom. The molecule has 0 atom stereocenters. The fraction of sp³-hybridized carbons (Fsp3) is 0.750. The first kappa shape index (κ1) is 13.0. The highest BCUT2D eigenvalue weighted by Crippen LogP contribution is 2.33.